The van der Waals surface area contributed by atoms with E-state index in [9.17, 15) is 9.59 Å². The molecule has 1 saturated heterocycles. The zero-order chi connectivity index (χ0) is 13.0. The molecule has 0 aliphatic carbocycles. The van der Waals surface area contributed by atoms with Gasteiger partial charge < -0.3 is 15.7 Å². The van der Waals surface area contributed by atoms with E-state index in [0.29, 0.717) is 5.69 Å². The van der Waals surface area contributed by atoms with Crippen molar-refractivity contribution in [3.63, 3.8) is 0 Å². The van der Waals surface area contributed by atoms with Crippen molar-refractivity contribution in [3.05, 3.63) is 11.9 Å². The van der Waals surface area contributed by atoms with Gasteiger partial charge in [-0.2, -0.15) is 0 Å². The Morgan fingerprint density at radius 3 is 3.11 bits per heavy atom. The van der Waals surface area contributed by atoms with Gasteiger partial charge in [0.05, 0.1) is 18.8 Å². The molecule has 98 valence electrons. The molecule has 1 aliphatic rings. The largest absolute Gasteiger partial charge is 0.480 e. The first-order valence-corrected chi connectivity index (χ1v) is 5.77. The second-order valence-electron chi connectivity index (χ2n) is 4.17. The summed E-state index contributed by atoms with van der Waals surface area (Å²) < 4.78 is 1.22. The number of nitrogens with one attached hydrogen (secondary N) is 2. The van der Waals surface area contributed by atoms with Crippen molar-refractivity contribution < 1.29 is 14.7 Å². The third-order valence-corrected chi connectivity index (χ3v) is 2.70. The number of carbonyl (C=O) groups is 2. The van der Waals surface area contributed by atoms with E-state index >= 15 is 0 Å². The molecule has 0 bridgehead atoms. The van der Waals surface area contributed by atoms with Crippen LogP contribution in [0.2, 0.25) is 0 Å². The topological polar surface area (TPSA) is 109 Å². The highest BCUT2D eigenvalue weighted by Crippen LogP contribution is 2.04. The lowest BCUT2D eigenvalue weighted by Gasteiger charge is -2.09. The van der Waals surface area contributed by atoms with E-state index in [2.05, 4.69) is 20.9 Å². The smallest absolute Gasteiger partial charge is 0.325 e. The molecule has 1 fully saturated rings. The maximum Gasteiger partial charge on any atom is 0.325 e. The van der Waals surface area contributed by atoms with Gasteiger partial charge in [-0.05, 0) is 19.4 Å². The molecule has 3 N–H and O–H groups in total. The van der Waals surface area contributed by atoms with Crippen LogP contribution >= 0.6 is 0 Å². The molecule has 1 aliphatic heterocycles. The van der Waals surface area contributed by atoms with Crippen LogP contribution in [0.1, 0.15) is 18.5 Å². The maximum atomic E-state index is 11.7. The molecule has 8 heteroatoms. The summed E-state index contributed by atoms with van der Waals surface area (Å²) >= 11 is 0. The van der Waals surface area contributed by atoms with Gasteiger partial charge in [0.1, 0.15) is 12.2 Å². The molecule has 1 aromatic rings. The van der Waals surface area contributed by atoms with E-state index in [1.807, 2.05) is 0 Å². The van der Waals surface area contributed by atoms with E-state index < -0.39 is 5.97 Å². The lowest BCUT2D eigenvalue weighted by molar-refractivity contribution is -0.138. The summed E-state index contributed by atoms with van der Waals surface area (Å²) in [5, 5.41) is 21.8. The molecule has 1 atom stereocenters. The first kappa shape index (κ1) is 12.5. The number of aromatic nitrogens is 3. The first-order valence-electron chi connectivity index (χ1n) is 5.77. The van der Waals surface area contributed by atoms with Crippen molar-refractivity contribution in [3.8, 4) is 0 Å². The standard InChI is InChI=1S/C10H15N5O3/c16-9(17)6-15-5-7(13-14-15)4-12-10(18)8-2-1-3-11-8/h5,8,11H,1-4,6H2,(H,12,18)(H,16,17)/t8-/m1/s1. The van der Waals surface area contributed by atoms with Crippen molar-refractivity contribution >= 4 is 11.9 Å². The summed E-state index contributed by atoms with van der Waals surface area (Å²) in [6.45, 7) is 0.897. The Labute approximate surface area is 103 Å². The third kappa shape index (κ3) is 3.27. The van der Waals surface area contributed by atoms with Crippen LogP contribution in [-0.4, -0.2) is 44.6 Å². The Kier molecular flexibility index (Phi) is 3.88. The molecule has 18 heavy (non-hydrogen) atoms. The van der Waals surface area contributed by atoms with Crippen LogP contribution in [0.4, 0.5) is 0 Å². The predicted molar refractivity (Wildman–Crippen MR) is 60.5 cm³/mol. The number of carboxylic acids is 1. The highest BCUT2D eigenvalue weighted by molar-refractivity contribution is 5.81. The van der Waals surface area contributed by atoms with Crippen LogP contribution in [0.25, 0.3) is 0 Å². The molecule has 1 amide bonds. The van der Waals surface area contributed by atoms with Gasteiger partial charge >= 0.3 is 5.97 Å². The number of amides is 1. The number of carboxylic acid groups (broad SMARTS) is 1. The number of hydrogen-bond donors (Lipinski definition) is 3. The molecule has 0 radical (unpaired) electrons. The lowest BCUT2D eigenvalue weighted by Crippen LogP contribution is -2.40. The van der Waals surface area contributed by atoms with Crippen molar-refractivity contribution in [2.24, 2.45) is 0 Å². The van der Waals surface area contributed by atoms with E-state index in [4.69, 9.17) is 5.11 Å². The zero-order valence-corrected chi connectivity index (χ0v) is 9.80. The number of nitrogens with zero attached hydrogens (tertiary/aromatic N) is 3. The number of carbonyl (C=O) groups excluding carboxylic acids is 1. The van der Waals surface area contributed by atoms with Crippen LogP contribution in [0.5, 0.6) is 0 Å². The SMILES string of the molecule is O=C(O)Cn1cc(CNC(=O)[C@H]2CCCN2)nn1. The van der Waals surface area contributed by atoms with Gasteiger partial charge in [0.15, 0.2) is 0 Å². The van der Waals surface area contributed by atoms with Crippen molar-refractivity contribution in [1.29, 1.82) is 0 Å². The van der Waals surface area contributed by atoms with Crippen molar-refractivity contribution in [2.75, 3.05) is 6.54 Å². The second kappa shape index (κ2) is 5.58. The van der Waals surface area contributed by atoms with E-state index in [1.165, 1.54) is 10.9 Å². The summed E-state index contributed by atoms with van der Waals surface area (Å²) in [7, 11) is 0. The lowest BCUT2D eigenvalue weighted by atomic mass is 10.2. The fraction of sp³-hybridized carbons (Fsp3) is 0.600. The molecule has 0 saturated carbocycles. The average Bonchev–Trinajstić information content (AvgIpc) is 2.95. The molecule has 8 nitrogen and oxygen atoms in total. The van der Waals surface area contributed by atoms with Crippen LogP contribution in [0.15, 0.2) is 6.20 Å². The fourth-order valence-corrected chi connectivity index (χ4v) is 1.84. The van der Waals surface area contributed by atoms with E-state index in [1.54, 1.807) is 0 Å². The van der Waals surface area contributed by atoms with Crippen LogP contribution in [-0.2, 0) is 22.7 Å². The number of rotatable bonds is 5. The molecule has 2 rings (SSSR count). The monoisotopic (exact) mass is 253 g/mol. The number of aliphatic carboxylic acids is 1. The van der Waals surface area contributed by atoms with Crippen molar-refractivity contribution in [2.45, 2.75) is 32.0 Å². The highest BCUT2D eigenvalue weighted by atomic mass is 16.4. The van der Waals surface area contributed by atoms with Crippen LogP contribution < -0.4 is 10.6 Å². The molecular formula is C10H15N5O3. The summed E-state index contributed by atoms with van der Waals surface area (Å²) in [5.41, 5.74) is 0.544. The minimum atomic E-state index is -0.981. The quantitative estimate of drug-likeness (QED) is 0.603. The fourth-order valence-electron chi connectivity index (χ4n) is 1.84. The van der Waals surface area contributed by atoms with Gasteiger partial charge in [-0.1, -0.05) is 5.21 Å². The second-order valence-corrected chi connectivity index (χ2v) is 4.17. The Hall–Kier alpha value is -1.96. The predicted octanol–water partition coefficient (Wildman–Crippen LogP) is -1.27. The van der Waals surface area contributed by atoms with Gasteiger partial charge in [-0.3, -0.25) is 9.59 Å². The highest BCUT2D eigenvalue weighted by Gasteiger charge is 2.21. The van der Waals surface area contributed by atoms with Gasteiger partial charge in [0, 0.05) is 0 Å². The molecule has 2 heterocycles. The Morgan fingerprint density at radius 2 is 2.44 bits per heavy atom. The molecule has 0 unspecified atom stereocenters. The van der Waals surface area contributed by atoms with Gasteiger partial charge in [-0.25, -0.2) is 4.68 Å². The Balaban J connectivity index is 1.80. The Bertz CT molecular complexity index is 438. The van der Waals surface area contributed by atoms with Gasteiger partial charge in [0.2, 0.25) is 5.91 Å². The van der Waals surface area contributed by atoms with Crippen LogP contribution in [0.3, 0.4) is 0 Å². The van der Waals surface area contributed by atoms with E-state index in [0.717, 1.165) is 19.4 Å². The van der Waals surface area contributed by atoms with Crippen LogP contribution in [0, 0.1) is 0 Å². The maximum absolute atomic E-state index is 11.7. The first-order chi connectivity index (χ1) is 8.65. The average molecular weight is 253 g/mol. The van der Waals surface area contributed by atoms with Crippen molar-refractivity contribution in [1.82, 2.24) is 25.6 Å². The zero-order valence-electron chi connectivity index (χ0n) is 9.80. The summed E-state index contributed by atoms with van der Waals surface area (Å²) in [6.07, 6.45) is 3.36. The molecule has 1 aromatic heterocycles. The summed E-state index contributed by atoms with van der Waals surface area (Å²) in [4.78, 5) is 22.1. The molecule has 0 aromatic carbocycles. The Morgan fingerprint density at radius 1 is 1.61 bits per heavy atom. The minimum Gasteiger partial charge on any atom is -0.480 e. The minimum absolute atomic E-state index is 0.0553. The molecule has 0 spiro atoms. The van der Waals surface area contributed by atoms with E-state index in [-0.39, 0.29) is 25.0 Å². The summed E-state index contributed by atoms with van der Waals surface area (Å²) in [6, 6.07) is -0.126. The molecular weight excluding hydrogens is 238 g/mol. The van der Waals surface area contributed by atoms with Gasteiger partial charge in [-0.15, -0.1) is 5.10 Å². The normalized spacial score (nSPS) is 18.8. The third-order valence-electron chi connectivity index (χ3n) is 2.70. The number of hydrogen-bond acceptors (Lipinski definition) is 5. The van der Waals surface area contributed by atoms with Gasteiger partial charge in [0.25, 0.3) is 0 Å². The summed E-state index contributed by atoms with van der Waals surface area (Å²) in [5.74, 6) is -1.04.